The number of carbonyl (C=O) groups excluding carboxylic acids is 1. The first-order valence-corrected chi connectivity index (χ1v) is 9.16. The Morgan fingerprint density at radius 2 is 2.18 bits per heavy atom. The van der Waals surface area contributed by atoms with Gasteiger partial charge in [-0.3, -0.25) is 4.79 Å². The summed E-state index contributed by atoms with van der Waals surface area (Å²) < 4.78 is 0. The number of amides is 1. The van der Waals surface area contributed by atoms with Gasteiger partial charge in [-0.15, -0.1) is 23.7 Å². The van der Waals surface area contributed by atoms with Crippen LogP contribution in [0.15, 0.2) is 17.5 Å². The van der Waals surface area contributed by atoms with Crippen LogP contribution in [0.25, 0.3) is 0 Å². The Balaban J connectivity index is 0.00000176. The van der Waals surface area contributed by atoms with Gasteiger partial charge >= 0.3 is 0 Å². The van der Waals surface area contributed by atoms with Gasteiger partial charge in [-0.05, 0) is 48.6 Å². The third kappa shape index (κ3) is 4.24. The van der Waals surface area contributed by atoms with Crippen molar-refractivity contribution in [3.63, 3.8) is 0 Å². The molecule has 1 aromatic heterocycles. The van der Waals surface area contributed by atoms with Crippen molar-refractivity contribution in [2.24, 2.45) is 11.3 Å². The third-order valence-electron chi connectivity index (χ3n) is 5.34. The summed E-state index contributed by atoms with van der Waals surface area (Å²) in [7, 11) is 0. The highest BCUT2D eigenvalue weighted by molar-refractivity contribution is 7.09. The minimum Gasteiger partial charge on any atom is -0.351 e. The summed E-state index contributed by atoms with van der Waals surface area (Å²) >= 11 is 1.70. The SMILES string of the molecule is Cl.O=C(CCC1CNCC12CCCCC2)NCc1cccs1. The number of hydrogen-bond acceptors (Lipinski definition) is 3. The predicted molar refractivity (Wildman–Crippen MR) is 94.5 cm³/mol. The normalized spacial score (nSPS) is 23.2. The molecule has 1 aromatic rings. The van der Waals surface area contributed by atoms with Crippen molar-refractivity contribution in [1.29, 1.82) is 0 Å². The molecule has 0 bridgehead atoms. The highest BCUT2D eigenvalue weighted by Crippen LogP contribution is 2.46. The lowest BCUT2D eigenvalue weighted by Gasteiger charge is -2.38. The van der Waals surface area contributed by atoms with Gasteiger partial charge < -0.3 is 10.6 Å². The molecule has 1 saturated heterocycles. The van der Waals surface area contributed by atoms with E-state index in [1.54, 1.807) is 11.3 Å². The Kier molecular flexibility index (Phi) is 6.72. The van der Waals surface area contributed by atoms with Gasteiger partial charge in [0.25, 0.3) is 0 Å². The van der Waals surface area contributed by atoms with E-state index in [4.69, 9.17) is 0 Å². The Morgan fingerprint density at radius 3 is 2.91 bits per heavy atom. The molecular weight excluding hydrogens is 316 g/mol. The van der Waals surface area contributed by atoms with Crippen LogP contribution in [0.5, 0.6) is 0 Å². The van der Waals surface area contributed by atoms with E-state index in [0.29, 0.717) is 24.3 Å². The van der Waals surface area contributed by atoms with Crippen LogP contribution in [0, 0.1) is 11.3 Å². The molecule has 1 spiro atoms. The maximum absolute atomic E-state index is 12.0. The Bertz CT molecular complexity index is 457. The molecule has 1 saturated carbocycles. The second kappa shape index (κ2) is 8.32. The van der Waals surface area contributed by atoms with E-state index in [0.717, 1.165) is 13.0 Å². The second-order valence-electron chi connectivity index (χ2n) is 6.65. The minimum atomic E-state index is 0. The predicted octanol–water partition coefficient (Wildman–Crippen LogP) is 3.74. The summed E-state index contributed by atoms with van der Waals surface area (Å²) in [6.45, 7) is 2.97. The molecule has 0 radical (unpaired) electrons. The number of hydrogen-bond donors (Lipinski definition) is 2. The summed E-state index contributed by atoms with van der Waals surface area (Å²) in [5, 5.41) is 8.69. The van der Waals surface area contributed by atoms with Crippen LogP contribution >= 0.6 is 23.7 Å². The van der Waals surface area contributed by atoms with Crippen molar-refractivity contribution in [2.45, 2.75) is 51.5 Å². The Hall–Kier alpha value is -0.580. The molecule has 0 aromatic carbocycles. The number of rotatable bonds is 5. The van der Waals surface area contributed by atoms with Crippen LogP contribution in [0.3, 0.4) is 0 Å². The third-order valence-corrected chi connectivity index (χ3v) is 6.22. The van der Waals surface area contributed by atoms with Crippen LogP contribution in [0.1, 0.15) is 49.8 Å². The fourth-order valence-electron chi connectivity index (χ4n) is 4.10. The highest BCUT2D eigenvalue weighted by Gasteiger charge is 2.42. The summed E-state index contributed by atoms with van der Waals surface area (Å²) in [6, 6.07) is 4.10. The zero-order valence-electron chi connectivity index (χ0n) is 13.1. The van der Waals surface area contributed by atoms with Gasteiger partial charge in [-0.25, -0.2) is 0 Å². The first kappa shape index (κ1) is 17.8. The molecule has 3 nitrogen and oxygen atoms in total. The Morgan fingerprint density at radius 1 is 1.36 bits per heavy atom. The monoisotopic (exact) mass is 342 g/mol. The van der Waals surface area contributed by atoms with Crippen LogP contribution < -0.4 is 10.6 Å². The first-order valence-electron chi connectivity index (χ1n) is 8.28. The summed E-state index contributed by atoms with van der Waals surface area (Å²) in [4.78, 5) is 13.3. The van der Waals surface area contributed by atoms with E-state index >= 15 is 0 Å². The molecule has 1 unspecified atom stereocenters. The van der Waals surface area contributed by atoms with Gasteiger partial charge in [0, 0.05) is 17.8 Å². The molecule has 2 aliphatic rings. The van der Waals surface area contributed by atoms with Crippen LogP contribution in [-0.4, -0.2) is 19.0 Å². The second-order valence-corrected chi connectivity index (χ2v) is 7.68. The van der Waals surface area contributed by atoms with Gasteiger partial charge in [-0.1, -0.05) is 25.3 Å². The zero-order chi connectivity index (χ0) is 14.5. The van der Waals surface area contributed by atoms with Crippen LogP contribution in [-0.2, 0) is 11.3 Å². The summed E-state index contributed by atoms with van der Waals surface area (Å²) in [6.07, 6.45) is 8.60. The molecule has 1 aliphatic carbocycles. The number of thiophene rings is 1. The van der Waals surface area contributed by atoms with E-state index in [9.17, 15) is 4.79 Å². The number of carbonyl (C=O) groups is 1. The lowest BCUT2D eigenvalue weighted by molar-refractivity contribution is -0.121. The van der Waals surface area contributed by atoms with Gasteiger partial charge in [0.15, 0.2) is 0 Å². The summed E-state index contributed by atoms with van der Waals surface area (Å²) in [5.74, 6) is 0.909. The van der Waals surface area contributed by atoms with Crippen molar-refractivity contribution in [2.75, 3.05) is 13.1 Å². The molecule has 3 rings (SSSR count). The standard InChI is InChI=1S/C17H26N2OS.ClH/c20-16(19-12-15-5-4-10-21-15)7-6-14-11-18-13-17(14)8-2-1-3-9-17;/h4-5,10,14,18H,1-3,6-9,11-13H2,(H,19,20);1H. The molecule has 1 atom stereocenters. The quantitative estimate of drug-likeness (QED) is 0.855. The maximum Gasteiger partial charge on any atom is 0.220 e. The van der Waals surface area contributed by atoms with Crippen molar-refractivity contribution < 1.29 is 4.79 Å². The minimum absolute atomic E-state index is 0. The van der Waals surface area contributed by atoms with E-state index < -0.39 is 0 Å². The van der Waals surface area contributed by atoms with E-state index in [-0.39, 0.29) is 18.3 Å². The zero-order valence-corrected chi connectivity index (χ0v) is 14.7. The van der Waals surface area contributed by atoms with Crippen molar-refractivity contribution >= 4 is 29.7 Å². The van der Waals surface area contributed by atoms with Gasteiger partial charge in [0.1, 0.15) is 0 Å². The summed E-state index contributed by atoms with van der Waals surface area (Å²) in [5.41, 5.74) is 0.506. The van der Waals surface area contributed by atoms with Gasteiger partial charge in [-0.2, -0.15) is 0 Å². The fraction of sp³-hybridized carbons (Fsp3) is 0.706. The maximum atomic E-state index is 12.0. The fourth-order valence-corrected chi connectivity index (χ4v) is 4.74. The molecule has 22 heavy (non-hydrogen) atoms. The molecule has 2 heterocycles. The highest BCUT2D eigenvalue weighted by atomic mass is 35.5. The van der Waals surface area contributed by atoms with Crippen molar-refractivity contribution in [3.05, 3.63) is 22.4 Å². The van der Waals surface area contributed by atoms with E-state index in [1.165, 1.54) is 43.5 Å². The van der Waals surface area contributed by atoms with E-state index in [2.05, 4.69) is 22.1 Å². The van der Waals surface area contributed by atoms with Crippen LogP contribution in [0.4, 0.5) is 0 Å². The van der Waals surface area contributed by atoms with Gasteiger partial charge in [0.05, 0.1) is 6.54 Å². The molecule has 1 amide bonds. The van der Waals surface area contributed by atoms with Crippen molar-refractivity contribution in [3.8, 4) is 0 Å². The lowest BCUT2D eigenvalue weighted by Crippen LogP contribution is -2.33. The number of halogens is 1. The van der Waals surface area contributed by atoms with Crippen LogP contribution in [0.2, 0.25) is 0 Å². The Labute approximate surface area is 143 Å². The van der Waals surface area contributed by atoms with Crippen molar-refractivity contribution in [1.82, 2.24) is 10.6 Å². The average Bonchev–Trinajstić information content (AvgIpc) is 3.14. The topological polar surface area (TPSA) is 41.1 Å². The number of nitrogens with one attached hydrogen (secondary N) is 2. The molecular formula is C17H27ClN2OS. The molecule has 5 heteroatoms. The first-order chi connectivity index (χ1) is 10.3. The molecule has 2 N–H and O–H groups in total. The largest absolute Gasteiger partial charge is 0.351 e. The average molecular weight is 343 g/mol. The molecule has 2 fully saturated rings. The molecule has 1 aliphatic heterocycles. The smallest absolute Gasteiger partial charge is 0.220 e. The van der Waals surface area contributed by atoms with Gasteiger partial charge in [0.2, 0.25) is 5.91 Å². The van der Waals surface area contributed by atoms with E-state index in [1.807, 2.05) is 6.07 Å². The lowest BCUT2D eigenvalue weighted by atomic mass is 9.66. The molecule has 124 valence electrons.